The third-order valence-corrected chi connectivity index (χ3v) is 3.91. The van der Waals surface area contributed by atoms with E-state index in [-0.39, 0.29) is 0 Å². The molecule has 1 saturated carbocycles. The van der Waals surface area contributed by atoms with Gasteiger partial charge in [-0.15, -0.1) is 0 Å². The van der Waals surface area contributed by atoms with E-state index in [0.29, 0.717) is 22.6 Å². The lowest BCUT2D eigenvalue weighted by molar-refractivity contribution is 0.455. The molecule has 2 rings (SSSR count). The van der Waals surface area contributed by atoms with Crippen LogP contribution < -0.4 is 11.1 Å². The largest absolute Gasteiger partial charge is 0.388 e. The number of nitrogens with two attached hydrogens (primary N) is 1. The summed E-state index contributed by atoms with van der Waals surface area (Å²) in [4.78, 5) is 4.81. The Morgan fingerprint density at radius 1 is 1.33 bits per heavy atom. The molecule has 98 valence electrons. The Balaban J connectivity index is 2.07. The highest BCUT2D eigenvalue weighted by atomic mass is 32.1. The predicted octanol–water partition coefficient (Wildman–Crippen LogP) is 3.10. The maximum atomic E-state index is 5.61. The van der Waals surface area contributed by atoms with Gasteiger partial charge in [0.1, 0.15) is 10.8 Å². The van der Waals surface area contributed by atoms with Crippen molar-refractivity contribution >= 4 is 23.0 Å². The number of nitrogens with one attached hydrogen (secondary N) is 1. The van der Waals surface area contributed by atoms with Gasteiger partial charge in [-0.3, -0.25) is 0 Å². The summed E-state index contributed by atoms with van der Waals surface area (Å²) in [5, 5.41) is 3.54. The molecular formula is C14H21N3S. The van der Waals surface area contributed by atoms with Crippen LogP contribution in [-0.2, 0) is 0 Å². The molecule has 0 amide bonds. The number of hydrogen-bond acceptors (Lipinski definition) is 3. The van der Waals surface area contributed by atoms with Crippen LogP contribution in [0, 0.1) is 5.92 Å². The molecule has 4 heteroatoms. The molecule has 1 aromatic heterocycles. The normalized spacial score (nSPS) is 24.3. The third kappa shape index (κ3) is 3.42. The summed E-state index contributed by atoms with van der Waals surface area (Å²) in [6, 6.07) is 6.30. The van der Waals surface area contributed by atoms with E-state index in [1.54, 1.807) is 0 Å². The predicted molar refractivity (Wildman–Crippen MR) is 79.8 cm³/mol. The van der Waals surface area contributed by atoms with Gasteiger partial charge < -0.3 is 11.1 Å². The van der Waals surface area contributed by atoms with Gasteiger partial charge in [-0.05, 0) is 30.9 Å². The van der Waals surface area contributed by atoms with Crippen LogP contribution in [0.5, 0.6) is 0 Å². The molecule has 1 aromatic rings. The molecule has 1 heterocycles. The monoisotopic (exact) mass is 263 g/mol. The number of pyridine rings is 1. The molecule has 0 bridgehead atoms. The molecule has 3 N–H and O–H groups in total. The number of anilines is 1. The van der Waals surface area contributed by atoms with Gasteiger partial charge in [-0.2, -0.15) is 0 Å². The average molecular weight is 263 g/mol. The van der Waals surface area contributed by atoms with E-state index in [0.717, 1.165) is 5.82 Å². The van der Waals surface area contributed by atoms with E-state index in [1.165, 1.54) is 32.1 Å². The van der Waals surface area contributed by atoms with Crippen molar-refractivity contribution in [2.24, 2.45) is 11.7 Å². The molecule has 0 saturated heterocycles. The van der Waals surface area contributed by atoms with Crippen LogP contribution >= 0.6 is 12.2 Å². The Kier molecular flexibility index (Phi) is 4.53. The van der Waals surface area contributed by atoms with E-state index < -0.39 is 0 Å². The number of rotatable bonds is 3. The molecule has 3 nitrogen and oxygen atoms in total. The van der Waals surface area contributed by atoms with Gasteiger partial charge in [0, 0.05) is 6.04 Å². The first-order valence-electron chi connectivity index (χ1n) is 6.70. The zero-order valence-corrected chi connectivity index (χ0v) is 11.7. The lowest BCUT2D eigenvalue weighted by Gasteiger charge is -2.23. The van der Waals surface area contributed by atoms with Gasteiger partial charge in [-0.1, -0.05) is 44.5 Å². The molecule has 1 fully saturated rings. The highest BCUT2D eigenvalue weighted by Gasteiger charge is 2.19. The highest BCUT2D eigenvalue weighted by molar-refractivity contribution is 7.80. The van der Waals surface area contributed by atoms with E-state index >= 15 is 0 Å². The molecular weight excluding hydrogens is 242 g/mol. The Hall–Kier alpha value is -1.16. The molecule has 2 unspecified atom stereocenters. The number of hydrogen-bond donors (Lipinski definition) is 2. The lowest BCUT2D eigenvalue weighted by atomic mass is 9.97. The minimum atomic E-state index is 0.354. The van der Waals surface area contributed by atoms with E-state index in [2.05, 4.69) is 17.2 Å². The first-order valence-corrected chi connectivity index (χ1v) is 7.11. The van der Waals surface area contributed by atoms with E-state index in [4.69, 9.17) is 18.0 Å². The third-order valence-electron chi connectivity index (χ3n) is 3.70. The number of aromatic nitrogens is 1. The zero-order valence-electron chi connectivity index (χ0n) is 10.9. The summed E-state index contributed by atoms with van der Waals surface area (Å²) in [7, 11) is 0. The molecule has 0 aliphatic heterocycles. The van der Waals surface area contributed by atoms with Crippen molar-refractivity contribution < 1.29 is 0 Å². The molecule has 0 radical (unpaired) electrons. The molecule has 1 aliphatic rings. The fourth-order valence-electron chi connectivity index (χ4n) is 2.55. The molecule has 0 aromatic carbocycles. The van der Waals surface area contributed by atoms with Gasteiger partial charge in [0.2, 0.25) is 0 Å². The van der Waals surface area contributed by atoms with Crippen molar-refractivity contribution in [2.45, 2.75) is 45.1 Å². The van der Waals surface area contributed by atoms with Gasteiger partial charge in [0.05, 0.1) is 5.69 Å². The van der Waals surface area contributed by atoms with Crippen molar-refractivity contribution in [3.63, 3.8) is 0 Å². The van der Waals surface area contributed by atoms with Gasteiger partial charge in [0.25, 0.3) is 0 Å². The van der Waals surface area contributed by atoms with Crippen molar-refractivity contribution in [3.05, 3.63) is 23.9 Å². The molecule has 18 heavy (non-hydrogen) atoms. The van der Waals surface area contributed by atoms with Crippen LogP contribution in [0.3, 0.4) is 0 Å². The van der Waals surface area contributed by atoms with Crippen LogP contribution in [0.1, 0.15) is 44.7 Å². The second-order valence-electron chi connectivity index (χ2n) is 5.14. The van der Waals surface area contributed by atoms with Crippen molar-refractivity contribution in [1.29, 1.82) is 0 Å². The fourth-order valence-corrected chi connectivity index (χ4v) is 2.66. The van der Waals surface area contributed by atoms with Crippen LogP contribution in [0.15, 0.2) is 18.2 Å². The average Bonchev–Trinajstić information content (AvgIpc) is 2.55. The van der Waals surface area contributed by atoms with Crippen LogP contribution in [0.4, 0.5) is 5.82 Å². The maximum absolute atomic E-state index is 5.61. The van der Waals surface area contributed by atoms with E-state index in [9.17, 15) is 0 Å². The van der Waals surface area contributed by atoms with Gasteiger partial charge in [-0.25, -0.2) is 4.98 Å². The minimum Gasteiger partial charge on any atom is -0.388 e. The maximum Gasteiger partial charge on any atom is 0.126 e. The van der Waals surface area contributed by atoms with Gasteiger partial charge in [0.15, 0.2) is 0 Å². The standard InChI is InChI=1S/C14H21N3S/c1-10-6-3-2-4-7-11(10)16-13-9-5-8-12(17-13)14(15)18/h5,8-11H,2-4,6-7H2,1H3,(H2,15,18)(H,16,17). The van der Waals surface area contributed by atoms with Crippen molar-refractivity contribution in [2.75, 3.05) is 5.32 Å². The summed E-state index contributed by atoms with van der Waals surface area (Å²) >= 11 is 4.96. The van der Waals surface area contributed by atoms with Crippen LogP contribution in [0.25, 0.3) is 0 Å². The van der Waals surface area contributed by atoms with Gasteiger partial charge >= 0.3 is 0 Å². The second kappa shape index (κ2) is 6.14. The molecule has 2 atom stereocenters. The summed E-state index contributed by atoms with van der Waals surface area (Å²) in [5.41, 5.74) is 6.30. The molecule has 1 aliphatic carbocycles. The number of thiocarbonyl (C=S) groups is 1. The fraction of sp³-hybridized carbons (Fsp3) is 0.571. The lowest BCUT2D eigenvalue weighted by Crippen LogP contribution is -2.27. The summed E-state index contributed by atoms with van der Waals surface area (Å²) in [6.07, 6.45) is 6.52. The summed E-state index contributed by atoms with van der Waals surface area (Å²) in [5.74, 6) is 1.59. The van der Waals surface area contributed by atoms with Crippen LogP contribution in [-0.4, -0.2) is 16.0 Å². The Labute approximate surface area is 114 Å². The smallest absolute Gasteiger partial charge is 0.126 e. The van der Waals surface area contributed by atoms with Crippen LogP contribution in [0.2, 0.25) is 0 Å². The Morgan fingerprint density at radius 2 is 2.11 bits per heavy atom. The zero-order chi connectivity index (χ0) is 13.0. The minimum absolute atomic E-state index is 0.354. The quantitative estimate of drug-likeness (QED) is 0.650. The van der Waals surface area contributed by atoms with Crippen molar-refractivity contribution in [1.82, 2.24) is 4.98 Å². The van der Waals surface area contributed by atoms with Crippen molar-refractivity contribution in [3.8, 4) is 0 Å². The number of nitrogens with zero attached hydrogens (tertiary/aromatic N) is 1. The van der Waals surface area contributed by atoms with E-state index in [1.807, 2.05) is 18.2 Å². The second-order valence-corrected chi connectivity index (χ2v) is 5.58. The SMILES string of the molecule is CC1CCCCCC1Nc1cccc(C(N)=S)n1. The summed E-state index contributed by atoms with van der Waals surface area (Å²) in [6.45, 7) is 2.32. The Morgan fingerprint density at radius 3 is 2.89 bits per heavy atom. The topological polar surface area (TPSA) is 50.9 Å². The highest BCUT2D eigenvalue weighted by Crippen LogP contribution is 2.25. The first-order chi connectivity index (χ1) is 8.66. The first kappa shape index (κ1) is 13.3. The Bertz CT molecular complexity index is 419. The molecule has 0 spiro atoms. The summed E-state index contributed by atoms with van der Waals surface area (Å²) < 4.78 is 0.